The van der Waals surface area contributed by atoms with Crippen LogP contribution >= 0.6 is 0 Å². The first-order valence-corrected chi connectivity index (χ1v) is 9.49. The van der Waals surface area contributed by atoms with Crippen LogP contribution in [0, 0.1) is 17.8 Å². The van der Waals surface area contributed by atoms with Crippen molar-refractivity contribution in [1.29, 1.82) is 0 Å². The predicted octanol–water partition coefficient (Wildman–Crippen LogP) is 2.48. The Bertz CT molecular complexity index is 529. The first-order chi connectivity index (χ1) is 10.6. The minimum Gasteiger partial charge on any atom is -0.481 e. The van der Waals surface area contributed by atoms with Gasteiger partial charge in [0.1, 0.15) is 0 Å². The van der Waals surface area contributed by atoms with E-state index in [4.69, 9.17) is 5.11 Å². The van der Waals surface area contributed by atoms with Gasteiger partial charge in [-0.1, -0.05) is 32.1 Å². The van der Waals surface area contributed by atoms with Gasteiger partial charge in [-0.25, -0.2) is 12.7 Å². The van der Waals surface area contributed by atoms with E-state index in [1.807, 2.05) is 0 Å². The zero-order valence-electron chi connectivity index (χ0n) is 12.8. The first-order valence-electron chi connectivity index (χ1n) is 7.88. The van der Waals surface area contributed by atoms with Crippen LogP contribution in [0.2, 0.25) is 0 Å². The second-order valence-electron chi connectivity index (χ2n) is 6.52. The molecule has 1 aliphatic carbocycles. The Morgan fingerprint density at radius 2 is 1.74 bits per heavy atom. The van der Waals surface area contributed by atoms with E-state index in [9.17, 15) is 26.4 Å². The van der Waals surface area contributed by atoms with Crippen LogP contribution < -0.4 is 0 Å². The lowest BCUT2D eigenvalue weighted by Gasteiger charge is -2.23. The van der Waals surface area contributed by atoms with Gasteiger partial charge in [0.15, 0.2) is 0 Å². The molecule has 1 aliphatic heterocycles. The van der Waals surface area contributed by atoms with E-state index in [0.29, 0.717) is 16.6 Å². The lowest BCUT2D eigenvalue weighted by molar-refractivity contribution is -0.187. The van der Waals surface area contributed by atoms with E-state index in [1.165, 1.54) is 0 Å². The zero-order valence-corrected chi connectivity index (χ0v) is 13.6. The Labute approximate surface area is 133 Å². The van der Waals surface area contributed by atoms with Crippen molar-refractivity contribution in [3.05, 3.63) is 0 Å². The van der Waals surface area contributed by atoms with Crippen molar-refractivity contribution < 1.29 is 31.5 Å². The van der Waals surface area contributed by atoms with E-state index in [0.717, 1.165) is 32.1 Å². The third-order valence-electron chi connectivity index (χ3n) is 4.93. The summed E-state index contributed by atoms with van der Waals surface area (Å²) >= 11 is 0. The average Bonchev–Trinajstić information content (AvgIpc) is 2.93. The summed E-state index contributed by atoms with van der Waals surface area (Å²) in [4.78, 5) is 11.0. The number of hydrogen-bond acceptors (Lipinski definition) is 3. The molecular formula is C14H22F3NO4S. The average molecular weight is 357 g/mol. The van der Waals surface area contributed by atoms with E-state index in [1.54, 1.807) is 0 Å². The molecule has 0 unspecified atom stereocenters. The minimum atomic E-state index is -4.71. The summed E-state index contributed by atoms with van der Waals surface area (Å²) in [6.07, 6.45) is 0.904. The molecule has 2 rings (SSSR count). The summed E-state index contributed by atoms with van der Waals surface area (Å²) in [5.41, 5.74) is 0. The highest BCUT2D eigenvalue weighted by Crippen LogP contribution is 2.39. The zero-order chi connectivity index (χ0) is 17.3. The van der Waals surface area contributed by atoms with E-state index in [-0.39, 0.29) is 5.75 Å². The maximum Gasteiger partial charge on any atom is 0.393 e. The van der Waals surface area contributed by atoms with Gasteiger partial charge in [-0.2, -0.15) is 13.2 Å². The fourth-order valence-electron chi connectivity index (χ4n) is 3.50. The monoisotopic (exact) mass is 357 g/mol. The van der Waals surface area contributed by atoms with Crippen LogP contribution in [-0.2, 0) is 14.8 Å². The third-order valence-corrected chi connectivity index (χ3v) is 6.76. The SMILES string of the molecule is O=C(O)[C@@H]1CN(S(=O)(=O)CCC2CCCCC2)C[C@H]1C(F)(F)F. The lowest BCUT2D eigenvalue weighted by Crippen LogP contribution is -2.34. The molecule has 2 atom stereocenters. The molecule has 1 saturated heterocycles. The largest absolute Gasteiger partial charge is 0.481 e. The topological polar surface area (TPSA) is 74.7 Å². The number of alkyl halides is 3. The molecule has 134 valence electrons. The third kappa shape index (κ3) is 4.59. The van der Waals surface area contributed by atoms with Gasteiger partial charge in [0.05, 0.1) is 17.6 Å². The molecule has 0 aromatic rings. The molecule has 0 spiro atoms. The van der Waals surface area contributed by atoms with Crippen LogP contribution in [0.3, 0.4) is 0 Å². The number of nitrogens with zero attached hydrogens (tertiary/aromatic N) is 1. The summed E-state index contributed by atoms with van der Waals surface area (Å²) in [5.74, 6) is -5.36. The van der Waals surface area contributed by atoms with Gasteiger partial charge in [-0.05, 0) is 12.3 Å². The fraction of sp³-hybridized carbons (Fsp3) is 0.929. The van der Waals surface area contributed by atoms with Crippen molar-refractivity contribution >= 4 is 16.0 Å². The minimum absolute atomic E-state index is 0.200. The van der Waals surface area contributed by atoms with E-state index in [2.05, 4.69) is 0 Å². The van der Waals surface area contributed by atoms with E-state index < -0.39 is 47.1 Å². The van der Waals surface area contributed by atoms with Crippen LogP contribution in [0.1, 0.15) is 38.5 Å². The Hall–Kier alpha value is -0.830. The smallest absolute Gasteiger partial charge is 0.393 e. The summed E-state index contributed by atoms with van der Waals surface area (Å²) in [6, 6.07) is 0. The Morgan fingerprint density at radius 1 is 1.13 bits per heavy atom. The molecule has 0 aromatic heterocycles. The van der Waals surface area contributed by atoms with Gasteiger partial charge in [0, 0.05) is 13.1 Å². The van der Waals surface area contributed by atoms with E-state index >= 15 is 0 Å². The summed E-state index contributed by atoms with van der Waals surface area (Å²) in [6.45, 7) is -1.38. The summed E-state index contributed by atoms with van der Waals surface area (Å²) in [7, 11) is -3.85. The van der Waals surface area contributed by atoms with Crippen LogP contribution in [0.25, 0.3) is 0 Å². The van der Waals surface area contributed by atoms with Crippen molar-refractivity contribution in [3.8, 4) is 0 Å². The highest BCUT2D eigenvalue weighted by Gasteiger charge is 2.54. The second kappa shape index (κ2) is 6.96. The number of aliphatic carboxylic acids is 1. The fourth-order valence-corrected chi connectivity index (χ4v) is 5.16. The molecule has 1 saturated carbocycles. The van der Waals surface area contributed by atoms with Gasteiger partial charge >= 0.3 is 12.1 Å². The van der Waals surface area contributed by atoms with Crippen molar-refractivity contribution in [1.82, 2.24) is 4.31 Å². The highest BCUT2D eigenvalue weighted by molar-refractivity contribution is 7.89. The van der Waals surface area contributed by atoms with Crippen molar-refractivity contribution in [2.24, 2.45) is 17.8 Å². The summed E-state index contributed by atoms with van der Waals surface area (Å²) < 4.78 is 64.1. The maximum atomic E-state index is 12.9. The number of sulfonamides is 1. The number of halogens is 3. The Morgan fingerprint density at radius 3 is 2.22 bits per heavy atom. The van der Waals surface area contributed by atoms with Crippen molar-refractivity contribution in [2.45, 2.75) is 44.7 Å². The number of carbonyl (C=O) groups is 1. The second-order valence-corrected chi connectivity index (χ2v) is 8.61. The normalized spacial score (nSPS) is 28.1. The molecule has 0 amide bonds. The van der Waals surface area contributed by atoms with Gasteiger partial charge in [-0.3, -0.25) is 4.79 Å². The predicted molar refractivity (Wildman–Crippen MR) is 77.2 cm³/mol. The van der Waals surface area contributed by atoms with Gasteiger partial charge in [0.25, 0.3) is 0 Å². The van der Waals surface area contributed by atoms with Gasteiger partial charge in [-0.15, -0.1) is 0 Å². The Balaban J connectivity index is 2.00. The number of hydrogen-bond donors (Lipinski definition) is 1. The van der Waals surface area contributed by atoms with Gasteiger partial charge in [0.2, 0.25) is 10.0 Å². The molecule has 9 heteroatoms. The highest BCUT2D eigenvalue weighted by atomic mass is 32.2. The van der Waals surface area contributed by atoms with Crippen molar-refractivity contribution in [3.63, 3.8) is 0 Å². The molecule has 0 radical (unpaired) electrons. The molecule has 1 N–H and O–H groups in total. The molecule has 0 bridgehead atoms. The molecule has 2 fully saturated rings. The van der Waals surface area contributed by atoms with Crippen LogP contribution in [0.15, 0.2) is 0 Å². The van der Waals surface area contributed by atoms with Crippen LogP contribution in [0.4, 0.5) is 13.2 Å². The molecule has 5 nitrogen and oxygen atoms in total. The molecule has 1 heterocycles. The lowest BCUT2D eigenvalue weighted by atomic mass is 9.88. The molecular weight excluding hydrogens is 335 g/mol. The first kappa shape index (κ1) is 18.5. The van der Waals surface area contributed by atoms with Crippen LogP contribution in [0.5, 0.6) is 0 Å². The van der Waals surface area contributed by atoms with Crippen molar-refractivity contribution in [2.75, 3.05) is 18.8 Å². The standard InChI is InChI=1S/C14H22F3NO4S/c15-14(16,17)12-9-18(8-11(12)13(19)20)23(21,22)7-6-10-4-2-1-3-5-10/h10-12H,1-9H2,(H,19,20)/t11-,12-/m1/s1. The summed E-state index contributed by atoms with van der Waals surface area (Å²) in [5, 5.41) is 8.94. The number of carboxylic acid groups (broad SMARTS) is 1. The Kier molecular flexibility index (Phi) is 5.60. The van der Waals surface area contributed by atoms with Crippen LogP contribution in [-0.4, -0.2) is 48.8 Å². The molecule has 2 aliphatic rings. The quantitative estimate of drug-likeness (QED) is 0.820. The number of carboxylic acids is 1. The van der Waals surface area contributed by atoms with Gasteiger partial charge < -0.3 is 5.11 Å². The number of rotatable bonds is 5. The maximum absolute atomic E-state index is 12.9. The molecule has 0 aromatic carbocycles. The molecule has 23 heavy (non-hydrogen) atoms.